The van der Waals surface area contributed by atoms with Crippen molar-refractivity contribution in [3.05, 3.63) is 65.2 Å². The van der Waals surface area contributed by atoms with Crippen LogP contribution >= 0.6 is 0 Å². The molecule has 5 heteroatoms. The van der Waals surface area contributed by atoms with Gasteiger partial charge in [-0.25, -0.2) is 0 Å². The maximum Gasteiger partial charge on any atom is 0.119 e. The van der Waals surface area contributed by atoms with E-state index in [4.69, 9.17) is 15.3 Å². The Morgan fingerprint density at radius 1 is 0.778 bits per heavy atom. The van der Waals surface area contributed by atoms with E-state index in [-0.39, 0.29) is 0 Å². The first-order chi connectivity index (χ1) is 13.3. The van der Waals surface area contributed by atoms with Crippen LogP contribution in [0, 0.1) is 22.7 Å². The molecule has 0 N–H and O–H groups in total. The van der Waals surface area contributed by atoms with Crippen molar-refractivity contribution in [2.75, 3.05) is 39.3 Å². The average Bonchev–Trinajstić information content (AvgIpc) is 2.73. The molecule has 0 aliphatic carbocycles. The van der Waals surface area contributed by atoms with Gasteiger partial charge >= 0.3 is 0 Å². The van der Waals surface area contributed by atoms with E-state index in [1.165, 1.54) is 5.56 Å². The monoisotopic (exact) mass is 360 g/mol. The van der Waals surface area contributed by atoms with Crippen LogP contribution < -0.4 is 4.74 Å². The molecular formula is C22H24N4O. The summed E-state index contributed by atoms with van der Waals surface area (Å²) in [6.07, 6.45) is 0.996. The van der Waals surface area contributed by atoms with Gasteiger partial charge in [0.2, 0.25) is 0 Å². The summed E-state index contributed by atoms with van der Waals surface area (Å²) in [7, 11) is 0. The second-order valence-electron chi connectivity index (χ2n) is 6.76. The number of nitrogens with zero attached hydrogens (tertiary/aromatic N) is 4. The Bertz CT molecular complexity index is 791. The molecule has 1 saturated heterocycles. The van der Waals surface area contributed by atoms with Crippen LogP contribution in [0.4, 0.5) is 0 Å². The van der Waals surface area contributed by atoms with Gasteiger partial charge in [0.25, 0.3) is 0 Å². The third-order valence-electron chi connectivity index (χ3n) is 4.82. The Balaban J connectivity index is 1.32. The fourth-order valence-electron chi connectivity index (χ4n) is 3.22. The van der Waals surface area contributed by atoms with Gasteiger partial charge in [0, 0.05) is 39.3 Å². The molecule has 1 fully saturated rings. The van der Waals surface area contributed by atoms with E-state index in [0.717, 1.165) is 51.4 Å². The van der Waals surface area contributed by atoms with Crippen LogP contribution in [0.15, 0.2) is 48.5 Å². The number of ether oxygens (including phenoxy) is 1. The molecule has 0 unspecified atom stereocenters. The molecule has 0 bridgehead atoms. The SMILES string of the molecule is N#Cc1ccc(CN2CCN(CCCOc3ccc(C#N)cc3)CC2)cc1. The molecule has 2 aromatic rings. The van der Waals surface area contributed by atoms with Crippen molar-refractivity contribution < 1.29 is 4.74 Å². The normalized spacial score (nSPS) is 15.0. The molecule has 0 atom stereocenters. The summed E-state index contributed by atoms with van der Waals surface area (Å²) >= 11 is 0. The van der Waals surface area contributed by atoms with Crippen LogP contribution in [0.3, 0.4) is 0 Å². The maximum atomic E-state index is 8.87. The molecule has 0 aromatic heterocycles. The molecule has 0 saturated carbocycles. The van der Waals surface area contributed by atoms with E-state index in [0.29, 0.717) is 17.7 Å². The molecule has 1 aliphatic rings. The number of piperazine rings is 1. The molecule has 2 aromatic carbocycles. The fourth-order valence-corrected chi connectivity index (χ4v) is 3.22. The molecule has 1 heterocycles. The fraction of sp³-hybridized carbons (Fsp3) is 0.364. The number of hydrogen-bond donors (Lipinski definition) is 0. The smallest absolute Gasteiger partial charge is 0.119 e. The summed E-state index contributed by atoms with van der Waals surface area (Å²) in [5.41, 5.74) is 2.63. The number of hydrogen-bond acceptors (Lipinski definition) is 5. The van der Waals surface area contributed by atoms with Gasteiger partial charge in [0.05, 0.1) is 29.9 Å². The molecule has 0 amide bonds. The Morgan fingerprint density at radius 3 is 1.93 bits per heavy atom. The first-order valence-corrected chi connectivity index (χ1v) is 9.33. The zero-order chi connectivity index (χ0) is 18.9. The summed E-state index contributed by atoms with van der Waals surface area (Å²) in [5, 5.41) is 17.7. The van der Waals surface area contributed by atoms with Gasteiger partial charge in [-0.1, -0.05) is 12.1 Å². The molecule has 0 spiro atoms. The van der Waals surface area contributed by atoms with Crippen molar-refractivity contribution in [1.29, 1.82) is 10.5 Å². The van der Waals surface area contributed by atoms with Crippen molar-refractivity contribution in [2.24, 2.45) is 0 Å². The van der Waals surface area contributed by atoms with E-state index < -0.39 is 0 Å². The highest BCUT2D eigenvalue weighted by molar-refractivity contribution is 5.34. The van der Waals surface area contributed by atoms with Gasteiger partial charge in [0.1, 0.15) is 5.75 Å². The third-order valence-corrected chi connectivity index (χ3v) is 4.82. The van der Waals surface area contributed by atoms with E-state index in [1.807, 2.05) is 36.4 Å². The summed E-state index contributed by atoms with van der Waals surface area (Å²) in [6, 6.07) is 19.4. The van der Waals surface area contributed by atoms with E-state index in [1.54, 1.807) is 12.1 Å². The highest BCUT2D eigenvalue weighted by Gasteiger charge is 2.16. The first-order valence-electron chi connectivity index (χ1n) is 9.33. The lowest BCUT2D eigenvalue weighted by Gasteiger charge is -2.34. The Hall–Kier alpha value is -2.86. The Morgan fingerprint density at radius 2 is 1.33 bits per heavy atom. The summed E-state index contributed by atoms with van der Waals surface area (Å²) in [4.78, 5) is 4.95. The van der Waals surface area contributed by atoms with Gasteiger partial charge in [-0.05, 0) is 48.4 Å². The lowest BCUT2D eigenvalue weighted by Crippen LogP contribution is -2.46. The minimum atomic E-state index is 0.654. The van der Waals surface area contributed by atoms with Crippen LogP contribution in [0.25, 0.3) is 0 Å². The van der Waals surface area contributed by atoms with Gasteiger partial charge < -0.3 is 9.64 Å². The summed E-state index contributed by atoms with van der Waals surface area (Å²) < 4.78 is 5.75. The van der Waals surface area contributed by atoms with E-state index in [2.05, 4.69) is 21.9 Å². The van der Waals surface area contributed by atoms with Crippen molar-refractivity contribution in [3.8, 4) is 17.9 Å². The maximum absolute atomic E-state index is 8.87. The third kappa shape index (κ3) is 5.82. The highest BCUT2D eigenvalue weighted by Crippen LogP contribution is 2.13. The van der Waals surface area contributed by atoms with Gasteiger partial charge in [-0.3, -0.25) is 4.90 Å². The van der Waals surface area contributed by atoms with Crippen LogP contribution in [0.2, 0.25) is 0 Å². The Kier molecular flexibility index (Phi) is 6.82. The zero-order valence-corrected chi connectivity index (χ0v) is 15.5. The van der Waals surface area contributed by atoms with Gasteiger partial charge in [0.15, 0.2) is 0 Å². The van der Waals surface area contributed by atoms with E-state index in [9.17, 15) is 0 Å². The highest BCUT2D eigenvalue weighted by atomic mass is 16.5. The second kappa shape index (κ2) is 9.73. The molecular weight excluding hydrogens is 336 g/mol. The lowest BCUT2D eigenvalue weighted by atomic mass is 10.1. The average molecular weight is 360 g/mol. The number of rotatable bonds is 7. The van der Waals surface area contributed by atoms with Gasteiger partial charge in [-0.2, -0.15) is 10.5 Å². The standard InChI is InChI=1S/C22H24N4O/c23-16-19-2-4-21(5-3-19)18-26-13-11-25(12-14-26)10-1-15-27-22-8-6-20(17-24)7-9-22/h2-9H,1,10-15,18H2. The van der Waals surface area contributed by atoms with Crippen molar-refractivity contribution in [2.45, 2.75) is 13.0 Å². The van der Waals surface area contributed by atoms with Crippen LogP contribution in [-0.4, -0.2) is 49.1 Å². The first kappa shape index (κ1) is 18.9. The molecule has 1 aliphatic heterocycles. The predicted octanol–water partition coefficient (Wildman–Crippen LogP) is 3.02. The topological polar surface area (TPSA) is 63.3 Å². The van der Waals surface area contributed by atoms with Crippen molar-refractivity contribution in [3.63, 3.8) is 0 Å². The molecule has 0 radical (unpaired) electrons. The van der Waals surface area contributed by atoms with Crippen molar-refractivity contribution in [1.82, 2.24) is 9.80 Å². The van der Waals surface area contributed by atoms with E-state index >= 15 is 0 Å². The van der Waals surface area contributed by atoms with Crippen LogP contribution in [-0.2, 0) is 6.54 Å². The summed E-state index contributed by atoms with van der Waals surface area (Å²) in [5.74, 6) is 0.821. The minimum Gasteiger partial charge on any atom is -0.494 e. The molecule has 27 heavy (non-hydrogen) atoms. The van der Waals surface area contributed by atoms with Gasteiger partial charge in [-0.15, -0.1) is 0 Å². The zero-order valence-electron chi connectivity index (χ0n) is 15.5. The molecule has 3 rings (SSSR count). The number of nitriles is 2. The molecule has 138 valence electrons. The number of benzene rings is 2. The second-order valence-corrected chi connectivity index (χ2v) is 6.76. The van der Waals surface area contributed by atoms with Crippen LogP contribution in [0.1, 0.15) is 23.1 Å². The predicted molar refractivity (Wildman–Crippen MR) is 104 cm³/mol. The van der Waals surface area contributed by atoms with Crippen LogP contribution in [0.5, 0.6) is 5.75 Å². The Labute approximate surface area is 161 Å². The van der Waals surface area contributed by atoms with Crippen molar-refractivity contribution >= 4 is 0 Å². The molecule has 5 nitrogen and oxygen atoms in total. The largest absolute Gasteiger partial charge is 0.494 e. The summed E-state index contributed by atoms with van der Waals surface area (Å²) in [6.45, 7) is 6.97. The quantitative estimate of drug-likeness (QED) is 0.710. The minimum absolute atomic E-state index is 0.654. The lowest BCUT2D eigenvalue weighted by molar-refractivity contribution is 0.121.